The third-order valence-corrected chi connectivity index (χ3v) is 3.80. The van der Waals surface area contributed by atoms with E-state index in [0.29, 0.717) is 16.2 Å². The summed E-state index contributed by atoms with van der Waals surface area (Å²) in [6.45, 7) is 0. The molecule has 0 aliphatic rings. The number of halogens is 1. The molecule has 0 N–H and O–H groups in total. The third kappa shape index (κ3) is 3.77. The van der Waals surface area contributed by atoms with Crippen LogP contribution in [0.15, 0.2) is 84.9 Å². The van der Waals surface area contributed by atoms with E-state index in [1.165, 1.54) is 0 Å². The summed E-state index contributed by atoms with van der Waals surface area (Å²) in [4.78, 5) is 12.9. The maximum Gasteiger partial charge on any atom is 0.193 e. The second kappa shape index (κ2) is 7.08. The Hall–Kier alpha value is -2.64. The van der Waals surface area contributed by atoms with Crippen LogP contribution in [-0.4, -0.2) is 5.78 Å². The molecule has 112 valence electrons. The van der Waals surface area contributed by atoms with Gasteiger partial charge in [0.2, 0.25) is 0 Å². The fourth-order valence-corrected chi connectivity index (χ4v) is 2.50. The molecule has 0 saturated heterocycles. The molecule has 3 aromatic rings. The summed E-state index contributed by atoms with van der Waals surface area (Å²) in [6, 6.07) is 26.5. The summed E-state index contributed by atoms with van der Waals surface area (Å²) < 4.78 is 0. The summed E-state index contributed by atoms with van der Waals surface area (Å²) >= 11 is 5.92. The van der Waals surface area contributed by atoms with Gasteiger partial charge in [0, 0.05) is 16.2 Å². The van der Waals surface area contributed by atoms with Crippen LogP contribution in [0.1, 0.15) is 21.5 Å². The van der Waals surface area contributed by atoms with E-state index in [2.05, 4.69) is 0 Å². The molecule has 2 heteroatoms. The Morgan fingerprint density at radius 1 is 0.696 bits per heavy atom. The number of hydrogen-bond acceptors (Lipinski definition) is 1. The Balaban J connectivity index is 2.07. The molecule has 0 atom stereocenters. The summed E-state index contributed by atoms with van der Waals surface area (Å²) in [5.41, 5.74) is 3.18. The predicted octanol–water partition coefficient (Wildman–Crippen LogP) is 5.76. The minimum absolute atomic E-state index is 0.0169. The molecule has 0 bridgehead atoms. The van der Waals surface area contributed by atoms with Crippen LogP contribution in [0.4, 0.5) is 0 Å². The number of hydrogen-bond donors (Lipinski definition) is 0. The van der Waals surface area contributed by atoms with Gasteiger partial charge in [-0.2, -0.15) is 0 Å². The Bertz CT molecular complexity index is 819. The largest absolute Gasteiger partial charge is 0.289 e. The van der Waals surface area contributed by atoms with E-state index in [-0.39, 0.29) is 5.78 Å². The van der Waals surface area contributed by atoms with Crippen LogP contribution in [0.25, 0.3) is 11.6 Å². The topological polar surface area (TPSA) is 17.1 Å². The fourth-order valence-electron chi connectivity index (χ4n) is 2.37. The zero-order chi connectivity index (χ0) is 16.1. The van der Waals surface area contributed by atoms with E-state index < -0.39 is 0 Å². The molecular weight excluding hydrogens is 304 g/mol. The maximum absolute atomic E-state index is 12.9. The van der Waals surface area contributed by atoms with Crippen molar-refractivity contribution in [3.05, 3.63) is 107 Å². The summed E-state index contributed by atoms with van der Waals surface area (Å²) in [5.74, 6) is -0.0169. The van der Waals surface area contributed by atoms with Crippen molar-refractivity contribution in [1.82, 2.24) is 0 Å². The summed E-state index contributed by atoms with van der Waals surface area (Å²) in [7, 11) is 0. The normalized spacial score (nSPS) is 11.3. The summed E-state index contributed by atoms with van der Waals surface area (Å²) in [6.07, 6.45) is 1.92. The molecule has 0 unspecified atom stereocenters. The number of carbonyl (C=O) groups is 1. The van der Waals surface area contributed by atoms with Crippen LogP contribution in [0.2, 0.25) is 5.02 Å². The van der Waals surface area contributed by atoms with Gasteiger partial charge in [0.05, 0.1) is 0 Å². The number of carbonyl (C=O) groups excluding carboxylic acids is 1. The van der Waals surface area contributed by atoms with Crippen molar-refractivity contribution < 1.29 is 4.79 Å². The zero-order valence-electron chi connectivity index (χ0n) is 12.4. The molecule has 1 nitrogen and oxygen atoms in total. The van der Waals surface area contributed by atoms with Crippen LogP contribution in [-0.2, 0) is 0 Å². The lowest BCUT2D eigenvalue weighted by atomic mass is 9.95. The second-order valence-electron chi connectivity index (χ2n) is 5.17. The first-order valence-corrected chi connectivity index (χ1v) is 7.74. The smallest absolute Gasteiger partial charge is 0.193 e. The van der Waals surface area contributed by atoms with Crippen LogP contribution < -0.4 is 0 Å². The first-order chi connectivity index (χ1) is 11.2. The van der Waals surface area contributed by atoms with Gasteiger partial charge in [0.25, 0.3) is 0 Å². The van der Waals surface area contributed by atoms with Crippen molar-refractivity contribution in [1.29, 1.82) is 0 Å². The van der Waals surface area contributed by atoms with Gasteiger partial charge in [0.15, 0.2) is 5.78 Å². The SMILES string of the molecule is O=C(/C(=C/c1ccccc1)c1ccccc1)c1ccc(Cl)cc1. The van der Waals surface area contributed by atoms with Gasteiger partial charge < -0.3 is 0 Å². The Morgan fingerprint density at radius 2 is 1.26 bits per heavy atom. The monoisotopic (exact) mass is 318 g/mol. The van der Waals surface area contributed by atoms with E-state index in [0.717, 1.165) is 11.1 Å². The molecule has 0 saturated carbocycles. The highest BCUT2D eigenvalue weighted by Crippen LogP contribution is 2.23. The van der Waals surface area contributed by atoms with Crippen molar-refractivity contribution in [2.24, 2.45) is 0 Å². The van der Waals surface area contributed by atoms with Gasteiger partial charge >= 0.3 is 0 Å². The van der Waals surface area contributed by atoms with E-state index in [1.54, 1.807) is 24.3 Å². The van der Waals surface area contributed by atoms with E-state index in [4.69, 9.17) is 11.6 Å². The average molecular weight is 319 g/mol. The van der Waals surface area contributed by atoms with Crippen molar-refractivity contribution in [2.45, 2.75) is 0 Å². The predicted molar refractivity (Wildman–Crippen MR) is 96.5 cm³/mol. The highest BCUT2D eigenvalue weighted by atomic mass is 35.5. The number of Topliss-reactive ketones (excluding diaryl/α,β-unsaturated/α-hetero) is 1. The minimum Gasteiger partial charge on any atom is -0.289 e. The molecule has 0 spiro atoms. The quantitative estimate of drug-likeness (QED) is 0.339. The molecule has 0 fully saturated rings. The zero-order valence-corrected chi connectivity index (χ0v) is 13.2. The van der Waals surface area contributed by atoms with Crippen molar-refractivity contribution >= 4 is 29.0 Å². The Morgan fingerprint density at radius 3 is 1.87 bits per heavy atom. The average Bonchev–Trinajstić information content (AvgIpc) is 2.61. The molecule has 0 aromatic heterocycles. The standard InChI is InChI=1S/C21H15ClO/c22-19-13-11-18(12-14-19)21(23)20(17-9-5-2-6-10-17)15-16-7-3-1-4-8-16/h1-15H/b20-15+. The lowest BCUT2D eigenvalue weighted by molar-refractivity contribution is 0.105. The van der Waals surface area contributed by atoms with Gasteiger partial charge in [-0.15, -0.1) is 0 Å². The number of ketones is 1. The molecular formula is C21H15ClO. The first-order valence-electron chi connectivity index (χ1n) is 7.36. The number of rotatable bonds is 4. The Labute approximate surface area is 140 Å². The van der Waals surface area contributed by atoms with Gasteiger partial charge in [0.1, 0.15) is 0 Å². The lowest BCUT2D eigenvalue weighted by Gasteiger charge is -2.08. The second-order valence-corrected chi connectivity index (χ2v) is 5.61. The maximum atomic E-state index is 12.9. The molecule has 0 radical (unpaired) electrons. The van der Waals surface area contributed by atoms with Crippen molar-refractivity contribution in [3.8, 4) is 0 Å². The van der Waals surface area contributed by atoms with Gasteiger partial charge in [-0.1, -0.05) is 72.3 Å². The van der Waals surface area contributed by atoms with E-state index in [1.807, 2.05) is 66.7 Å². The Kier molecular flexibility index (Phi) is 4.70. The van der Waals surface area contributed by atoms with Crippen LogP contribution in [0, 0.1) is 0 Å². The van der Waals surface area contributed by atoms with E-state index in [9.17, 15) is 4.79 Å². The molecule has 0 aliphatic carbocycles. The van der Waals surface area contributed by atoms with Gasteiger partial charge in [-0.05, 0) is 41.5 Å². The van der Waals surface area contributed by atoms with Crippen LogP contribution in [0.3, 0.4) is 0 Å². The lowest BCUT2D eigenvalue weighted by Crippen LogP contribution is -2.02. The fraction of sp³-hybridized carbons (Fsp3) is 0. The summed E-state index contributed by atoms with van der Waals surface area (Å²) in [5, 5.41) is 0.620. The highest BCUT2D eigenvalue weighted by Gasteiger charge is 2.14. The van der Waals surface area contributed by atoms with E-state index >= 15 is 0 Å². The van der Waals surface area contributed by atoms with Crippen LogP contribution >= 0.6 is 11.6 Å². The molecule has 3 rings (SSSR count). The van der Waals surface area contributed by atoms with Crippen LogP contribution in [0.5, 0.6) is 0 Å². The third-order valence-electron chi connectivity index (χ3n) is 3.55. The van der Waals surface area contributed by atoms with Crippen molar-refractivity contribution in [2.75, 3.05) is 0 Å². The highest BCUT2D eigenvalue weighted by molar-refractivity contribution is 6.33. The molecule has 3 aromatic carbocycles. The first kappa shape index (κ1) is 15.3. The van der Waals surface area contributed by atoms with Gasteiger partial charge in [-0.3, -0.25) is 4.79 Å². The molecule has 0 aliphatic heterocycles. The molecule has 23 heavy (non-hydrogen) atoms. The molecule has 0 heterocycles. The molecule has 0 amide bonds. The van der Waals surface area contributed by atoms with Gasteiger partial charge in [-0.25, -0.2) is 0 Å². The minimum atomic E-state index is -0.0169. The van der Waals surface area contributed by atoms with Crippen molar-refractivity contribution in [3.63, 3.8) is 0 Å². The number of allylic oxidation sites excluding steroid dienone is 1. The number of benzene rings is 3.